The maximum absolute atomic E-state index is 5.51. The minimum atomic E-state index is -0.726. The summed E-state index contributed by atoms with van der Waals surface area (Å²) in [5.41, 5.74) is 18.5. The van der Waals surface area contributed by atoms with E-state index in [4.69, 9.17) is 19.9 Å². The third kappa shape index (κ3) is 7.91. The van der Waals surface area contributed by atoms with Crippen molar-refractivity contribution in [3.8, 4) is 78.7 Å². The van der Waals surface area contributed by atoms with Gasteiger partial charge < -0.3 is 0 Å². The molecule has 16 aromatic rings. The first kappa shape index (κ1) is 48.5. The van der Waals surface area contributed by atoms with E-state index in [1.54, 1.807) is 0 Å². The first-order valence-electron chi connectivity index (χ1n) is 29.1. The number of benzene rings is 14. The van der Waals surface area contributed by atoms with Gasteiger partial charge in [0.05, 0.1) is 27.8 Å². The van der Waals surface area contributed by atoms with Crippen LogP contribution in [-0.4, -0.2) is 19.9 Å². The molecule has 0 saturated heterocycles. The highest BCUT2D eigenvalue weighted by atomic mass is 14.9. The van der Waals surface area contributed by atoms with Crippen molar-refractivity contribution in [2.24, 2.45) is 0 Å². The van der Waals surface area contributed by atoms with Gasteiger partial charge in [-0.2, -0.15) is 0 Å². The van der Waals surface area contributed by atoms with Crippen LogP contribution in [0.15, 0.2) is 303 Å². The van der Waals surface area contributed by atoms with Gasteiger partial charge in [0.25, 0.3) is 0 Å². The summed E-state index contributed by atoms with van der Waals surface area (Å²) in [6.45, 7) is 0. The molecule has 2 heterocycles. The number of para-hydroxylation sites is 2. The summed E-state index contributed by atoms with van der Waals surface area (Å²) < 4.78 is 0. The van der Waals surface area contributed by atoms with Crippen molar-refractivity contribution in [1.29, 1.82) is 0 Å². The zero-order valence-electron chi connectivity index (χ0n) is 46.2. The van der Waals surface area contributed by atoms with E-state index < -0.39 is 5.41 Å². The predicted molar refractivity (Wildman–Crippen MR) is 353 cm³/mol. The maximum atomic E-state index is 5.51. The molecule has 2 aromatic heterocycles. The molecule has 0 atom stereocenters. The molecule has 85 heavy (non-hydrogen) atoms. The van der Waals surface area contributed by atoms with Crippen LogP contribution in [0.1, 0.15) is 22.3 Å². The Morgan fingerprint density at radius 1 is 0.212 bits per heavy atom. The van der Waals surface area contributed by atoms with Gasteiger partial charge in [-0.15, -0.1) is 0 Å². The standard InChI is InChI=1S/C81H50N4/c1-3-17-63(18-4-1)81(64-19-5-2-6-20-64)73-49-61(79-82-75-25-13-11-23-71(75)77(84-79)55-33-27-51(28-34-55)57-39-43-67-59(47-57)37-31-53-15-7-9-21-65(53)67)41-45-69(73)70-46-42-62(50-74(70)81)80-83-76-26-14-12-24-72(76)78(85-80)56-35-29-52(30-36-56)58-40-44-68-60(48-58)38-32-54-16-8-10-22-66(54)68/h1-50H. The van der Waals surface area contributed by atoms with Crippen LogP contribution in [0, 0.1) is 0 Å². The van der Waals surface area contributed by atoms with Crippen LogP contribution >= 0.6 is 0 Å². The molecule has 0 amide bonds. The molecule has 0 aliphatic heterocycles. The molecule has 0 unspecified atom stereocenters. The number of fused-ring (bicyclic) bond motifs is 11. The summed E-state index contributed by atoms with van der Waals surface area (Å²) in [4.78, 5) is 21.7. The van der Waals surface area contributed by atoms with E-state index in [2.05, 4.69) is 303 Å². The zero-order valence-corrected chi connectivity index (χ0v) is 46.2. The van der Waals surface area contributed by atoms with E-state index >= 15 is 0 Å². The molecule has 0 spiro atoms. The molecule has 14 aromatic carbocycles. The van der Waals surface area contributed by atoms with E-state index in [1.807, 2.05) is 0 Å². The number of aromatic nitrogens is 4. The third-order valence-corrected chi connectivity index (χ3v) is 17.7. The van der Waals surface area contributed by atoms with Crippen molar-refractivity contribution in [3.05, 3.63) is 326 Å². The topological polar surface area (TPSA) is 51.6 Å². The Balaban J connectivity index is 0.771. The van der Waals surface area contributed by atoms with Crippen LogP contribution in [-0.2, 0) is 5.41 Å². The summed E-state index contributed by atoms with van der Waals surface area (Å²) in [7, 11) is 0. The summed E-state index contributed by atoms with van der Waals surface area (Å²) in [6, 6.07) is 110. The van der Waals surface area contributed by atoms with E-state index in [1.165, 1.54) is 65.3 Å². The van der Waals surface area contributed by atoms with Gasteiger partial charge >= 0.3 is 0 Å². The average Bonchev–Trinajstić information content (AvgIpc) is 2.61. The SMILES string of the molecule is c1ccc(C2(c3ccccc3)c3cc(-c4nc(-c5ccc(-c6ccc7c(ccc8ccccc87)c6)cc5)c5ccccc5n4)ccc3-c3ccc(-c4nc(-c5ccc(-c6ccc7c(ccc8ccccc87)c6)cc5)c5ccccc5n4)cc32)cc1. The highest BCUT2D eigenvalue weighted by Crippen LogP contribution is 2.57. The second kappa shape index (κ2) is 19.5. The normalized spacial score (nSPS) is 12.6. The summed E-state index contributed by atoms with van der Waals surface area (Å²) >= 11 is 0. The monoisotopic (exact) mass is 1080 g/mol. The van der Waals surface area contributed by atoms with Crippen LogP contribution in [0.25, 0.3) is 144 Å². The molecule has 0 bridgehead atoms. The van der Waals surface area contributed by atoms with Crippen molar-refractivity contribution in [2.45, 2.75) is 5.41 Å². The lowest BCUT2D eigenvalue weighted by molar-refractivity contribution is 0.768. The molecule has 4 heteroatoms. The van der Waals surface area contributed by atoms with Crippen LogP contribution in [0.3, 0.4) is 0 Å². The zero-order chi connectivity index (χ0) is 56.0. The van der Waals surface area contributed by atoms with Crippen molar-refractivity contribution in [3.63, 3.8) is 0 Å². The lowest BCUT2D eigenvalue weighted by Crippen LogP contribution is -2.28. The molecule has 0 radical (unpaired) electrons. The predicted octanol–water partition coefficient (Wildman–Crippen LogP) is 20.6. The van der Waals surface area contributed by atoms with Crippen LogP contribution in [0.5, 0.6) is 0 Å². The Hall–Kier alpha value is -11.2. The van der Waals surface area contributed by atoms with Gasteiger partial charge in [0.15, 0.2) is 11.6 Å². The second-order valence-electron chi connectivity index (χ2n) is 22.4. The Morgan fingerprint density at radius 3 is 1.00 bits per heavy atom. The van der Waals surface area contributed by atoms with Crippen molar-refractivity contribution >= 4 is 64.9 Å². The number of hydrogen-bond acceptors (Lipinski definition) is 4. The van der Waals surface area contributed by atoms with Gasteiger partial charge in [0, 0.05) is 33.0 Å². The minimum absolute atomic E-state index is 0.671. The van der Waals surface area contributed by atoms with Gasteiger partial charge in [0.1, 0.15) is 0 Å². The van der Waals surface area contributed by atoms with Crippen molar-refractivity contribution in [2.75, 3.05) is 0 Å². The smallest absolute Gasteiger partial charge is 0.160 e. The molecule has 394 valence electrons. The van der Waals surface area contributed by atoms with Crippen LogP contribution in [0.2, 0.25) is 0 Å². The molecule has 0 N–H and O–H groups in total. The molecule has 1 aliphatic carbocycles. The molecule has 1 aliphatic rings. The highest BCUT2D eigenvalue weighted by molar-refractivity contribution is 6.10. The Bertz CT molecular complexity index is 5010. The fourth-order valence-corrected chi connectivity index (χ4v) is 13.6. The minimum Gasteiger partial charge on any atom is -0.228 e. The molecule has 0 fully saturated rings. The van der Waals surface area contributed by atoms with E-state index in [0.29, 0.717) is 11.6 Å². The fourth-order valence-electron chi connectivity index (χ4n) is 13.6. The van der Waals surface area contributed by atoms with Gasteiger partial charge in [-0.05, 0) is 135 Å². The van der Waals surface area contributed by atoms with Gasteiger partial charge in [-0.25, -0.2) is 19.9 Å². The van der Waals surface area contributed by atoms with Crippen LogP contribution < -0.4 is 0 Å². The Morgan fingerprint density at radius 2 is 0.553 bits per heavy atom. The third-order valence-electron chi connectivity index (χ3n) is 17.7. The highest BCUT2D eigenvalue weighted by Gasteiger charge is 2.46. The number of rotatable bonds is 8. The van der Waals surface area contributed by atoms with E-state index in [9.17, 15) is 0 Å². The van der Waals surface area contributed by atoms with Crippen molar-refractivity contribution in [1.82, 2.24) is 19.9 Å². The van der Waals surface area contributed by atoms with Gasteiger partial charge in [-0.3, -0.25) is 0 Å². The largest absolute Gasteiger partial charge is 0.228 e. The van der Waals surface area contributed by atoms with Crippen LogP contribution in [0.4, 0.5) is 0 Å². The first-order chi connectivity index (χ1) is 42.1. The molecule has 4 nitrogen and oxygen atoms in total. The van der Waals surface area contributed by atoms with E-state index in [-0.39, 0.29) is 0 Å². The Labute approximate surface area is 491 Å². The first-order valence-corrected chi connectivity index (χ1v) is 29.1. The quantitative estimate of drug-likeness (QED) is 0.142. The van der Waals surface area contributed by atoms with Gasteiger partial charge in [0.2, 0.25) is 0 Å². The number of hydrogen-bond donors (Lipinski definition) is 0. The second-order valence-corrected chi connectivity index (χ2v) is 22.4. The Kier molecular flexibility index (Phi) is 11.1. The lowest BCUT2D eigenvalue weighted by Gasteiger charge is -2.34. The maximum Gasteiger partial charge on any atom is 0.160 e. The molecule has 17 rings (SSSR count). The fraction of sp³-hybridized carbons (Fsp3) is 0.0123. The molecular weight excluding hydrogens is 1030 g/mol. The average molecular weight is 1080 g/mol. The summed E-state index contributed by atoms with van der Waals surface area (Å²) in [5.74, 6) is 1.34. The van der Waals surface area contributed by atoms with Crippen molar-refractivity contribution < 1.29 is 0 Å². The summed E-state index contributed by atoms with van der Waals surface area (Å²) in [5, 5.41) is 12.0. The summed E-state index contributed by atoms with van der Waals surface area (Å²) in [6.07, 6.45) is 0. The lowest BCUT2D eigenvalue weighted by atomic mass is 9.67. The van der Waals surface area contributed by atoms with Gasteiger partial charge in [-0.1, -0.05) is 267 Å². The number of nitrogens with zero attached hydrogens (tertiary/aromatic N) is 4. The molecule has 0 saturated carbocycles. The van der Waals surface area contributed by atoms with E-state index in [0.717, 1.165) is 88.8 Å². The molecular formula is C81H50N4.